The van der Waals surface area contributed by atoms with Crippen molar-refractivity contribution >= 4 is 34.1 Å². The number of aliphatic carboxylic acids is 1. The number of amides is 1. The number of anilines is 1. The van der Waals surface area contributed by atoms with Crippen LogP contribution in [0.15, 0.2) is 91.1 Å². The largest absolute Gasteiger partial charge is 0.480 e. The third-order valence-electron chi connectivity index (χ3n) is 5.94. The number of hydrogen-bond acceptors (Lipinski definition) is 4. The molecule has 5 aromatic rings. The molecule has 1 unspecified atom stereocenters. The number of carboxylic acid groups (broad SMARTS) is 1. The highest BCUT2D eigenvalue weighted by atomic mass is 16.4. The summed E-state index contributed by atoms with van der Waals surface area (Å²) in [6, 6.07) is 26.7. The van der Waals surface area contributed by atoms with Gasteiger partial charge in [0, 0.05) is 18.3 Å². The number of carboxylic acids is 1. The number of imidazole rings is 1. The van der Waals surface area contributed by atoms with Gasteiger partial charge in [0.25, 0.3) is 5.91 Å². The summed E-state index contributed by atoms with van der Waals surface area (Å²) in [7, 11) is 0. The molecule has 0 saturated carbocycles. The number of fused-ring (bicyclic) bond motifs is 2. The molecule has 0 aliphatic rings. The molecule has 0 radical (unpaired) electrons. The Morgan fingerprint density at radius 1 is 0.943 bits per heavy atom. The second-order valence-corrected chi connectivity index (χ2v) is 8.36. The Hall–Kier alpha value is -4.65. The molecule has 0 aliphatic carbocycles. The van der Waals surface area contributed by atoms with Crippen molar-refractivity contribution in [3.05, 3.63) is 102 Å². The Balaban J connectivity index is 1.63. The Morgan fingerprint density at radius 3 is 2.46 bits per heavy atom. The summed E-state index contributed by atoms with van der Waals surface area (Å²) in [5.74, 6) is -0.842. The highest BCUT2D eigenvalue weighted by molar-refractivity contribution is 6.02. The summed E-state index contributed by atoms with van der Waals surface area (Å²) in [6.07, 6.45) is 1.84. The fraction of sp³-hybridized carbons (Fsp3) is 0.107. The smallest absolute Gasteiger partial charge is 0.325 e. The molecule has 2 aromatic heterocycles. The van der Waals surface area contributed by atoms with Gasteiger partial charge in [-0.15, -0.1) is 0 Å². The maximum absolute atomic E-state index is 12.9. The Morgan fingerprint density at radius 2 is 1.69 bits per heavy atom. The second kappa shape index (κ2) is 9.30. The summed E-state index contributed by atoms with van der Waals surface area (Å²) in [6.45, 7) is 2.00. The van der Waals surface area contributed by atoms with E-state index < -0.39 is 17.9 Å². The van der Waals surface area contributed by atoms with Crippen LogP contribution in [0.25, 0.3) is 27.7 Å². The van der Waals surface area contributed by atoms with E-state index in [0.29, 0.717) is 23.4 Å². The minimum atomic E-state index is -1.10. The van der Waals surface area contributed by atoms with Crippen LogP contribution in [0.1, 0.15) is 22.8 Å². The molecule has 2 heterocycles. The fourth-order valence-electron chi connectivity index (χ4n) is 4.07. The summed E-state index contributed by atoms with van der Waals surface area (Å²) >= 11 is 0. The van der Waals surface area contributed by atoms with Crippen LogP contribution in [0.5, 0.6) is 0 Å². The molecule has 0 saturated heterocycles. The zero-order valence-electron chi connectivity index (χ0n) is 19.1. The van der Waals surface area contributed by atoms with Crippen LogP contribution in [-0.4, -0.2) is 32.4 Å². The van der Waals surface area contributed by atoms with E-state index in [0.717, 1.165) is 27.7 Å². The number of rotatable bonds is 7. The van der Waals surface area contributed by atoms with Gasteiger partial charge in [0.05, 0.1) is 5.56 Å². The first-order chi connectivity index (χ1) is 17.0. The van der Waals surface area contributed by atoms with Crippen molar-refractivity contribution in [2.75, 3.05) is 5.32 Å². The zero-order chi connectivity index (χ0) is 24.4. The van der Waals surface area contributed by atoms with E-state index in [1.165, 1.54) is 6.92 Å². The molecule has 0 aliphatic heterocycles. The van der Waals surface area contributed by atoms with Gasteiger partial charge in [-0.05, 0) is 41.5 Å². The Kier molecular flexibility index (Phi) is 5.89. The zero-order valence-corrected chi connectivity index (χ0v) is 19.1. The fourth-order valence-corrected chi connectivity index (χ4v) is 4.07. The van der Waals surface area contributed by atoms with Crippen molar-refractivity contribution in [1.82, 2.24) is 14.7 Å². The van der Waals surface area contributed by atoms with Crippen LogP contribution >= 0.6 is 0 Å². The monoisotopic (exact) mass is 464 g/mol. The maximum Gasteiger partial charge on any atom is 0.325 e. The molecule has 1 atom stereocenters. The van der Waals surface area contributed by atoms with Gasteiger partial charge >= 0.3 is 5.97 Å². The standard InChI is InChI=1S/C28H24N4O3/c1-18(28(34)35)30-27(33)23-12-7-15-32-25(23)31-24(26(32)29-17-19-8-3-2-4-9-19)22-14-13-20-10-5-6-11-21(20)16-22/h2-16,18,29H,17H2,1H3,(H,30,33)(H,34,35). The van der Waals surface area contributed by atoms with Gasteiger partial charge in [-0.25, -0.2) is 4.98 Å². The third kappa shape index (κ3) is 4.44. The molecule has 5 rings (SSSR count). The van der Waals surface area contributed by atoms with Crippen LogP contribution in [0, 0.1) is 0 Å². The molecule has 0 bridgehead atoms. The SMILES string of the molecule is CC(NC(=O)c1cccn2c(NCc3ccccc3)c(-c3ccc4ccccc4c3)nc12)C(=O)O. The van der Waals surface area contributed by atoms with Gasteiger partial charge in [-0.2, -0.15) is 0 Å². The highest BCUT2D eigenvalue weighted by Crippen LogP contribution is 2.32. The summed E-state index contributed by atoms with van der Waals surface area (Å²) in [5.41, 5.74) is 3.47. The van der Waals surface area contributed by atoms with Gasteiger partial charge in [-0.3, -0.25) is 14.0 Å². The topological polar surface area (TPSA) is 95.7 Å². The van der Waals surface area contributed by atoms with Gasteiger partial charge in [-0.1, -0.05) is 66.7 Å². The van der Waals surface area contributed by atoms with Crippen molar-refractivity contribution in [1.29, 1.82) is 0 Å². The second-order valence-electron chi connectivity index (χ2n) is 8.36. The molecular formula is C28H24N4O3. The number of pyridine rings is 1. The molecule has 1 amide bonds. The first-order valence-corrected chi connectivity index (χ1v) is 11.3. The summed E-state index contributed by atoms with van der Waals surface area (Å²) in [5, 5.41) is 17.4. The van der Waals surface area contributed by atoms with E-state index in [1.807, 2.05) is 59.1 Å². The Labute approximate surface area is 202 Å². The average Bonchev–Trinajstić information content (AvgIpc) is 3.26. The van der Waals surface area contributed by atoms with E-state index in [1.54, 1.807) is 12.1 Å². The molecule has 3 N–H and O–H groups in total. The van der Waals surface area contributed by atoms with Crippen molar-refractivity contribution in [3.8, 4) is 11.3 Å². The summed E-state index contributed by atoms with van der Waals surface area (Å²) < 4.78 is 1.84. The molecule has 0 spiro atoms. The molecule has 174 valence electrons. The van der Waals surface area contributed by atoms with Crippen LogP contribution in [0.4, 0.5) is 5.82 Å². The number of nitrogens with one attached hydrogen (secondary N) is 2. The normalized spacial score (nSPS) is 11.9. The summed E-state index contributed by atoms with van der Waals surface area (Å²) in [4.78, 5) is 29.1. The van der Waals surface area contributed by atoms with Gasteiger partial charge in [0.2, 0.25) is 0 Å². The van der Waals surface area contributed by atoms with Crippen LogP contribution < -0.4 is 10.6 Å². The quantitative estimate of drug-likeness (QED) is 0.316. The van der Waals surface area contributed by atoms with E-state index in [2.05, 4.69) is 34.9 Å². The lowest BCUT2D eigenvalue weighted by molar-refractivity contribution is -0.138. The van der Waals surface area contributed by atoms with Crippen molar-refractivity contribution < 1.29 is 14.7 Å². The molecule has 7 heteroatoms. The number of nitrogens with zero attached hydrogens (tertiary/aromatic N) is 2. The molecule has 0 fully saturated rings. The first-order valence-electron chi connectivity index (χ1n) is 11.3. The predicted molar refractivity (Wildman–Crippen MR) is 136 cm³/mol. The van der Waals surface area contributed by atoms with Crippen molar-refractivity contribution in [2.45, 2.75) is 19.5 Å². The number of benzene rings is 3. The molecule has 7 nitrogen and oxygen atoms in total. The van der Waals surface area contributed by atoms with E-state index in [9.17, 15) is 14.7 Å². The molecule has 35 heavy (non-hydrogen) atoms. The number of aromatic nitrogens is 2. The van der Waals surface area contributed by atoms with E-state index in [-0.39, 0.29) is 0 Å². The van der Waals surface area contributed by atoms with E-state index >= 15 is 0 Å². The number of carbonyl (C=O) groups is 2. The van der Waals surface area contributed by atoms with Gasteiger partial charge in [0.1, 0.15) is 17.6 Å². The Bertz CT molecular complexity index is 1540. The van der Waals surface area contributed by atoms with Crippen LogP contribution in [0.2, 0.25) is 0 Å². The van der Waals surface area contributed by atoms with Crippen LogP contribution in [0.3, 0.4) is 0 Å². The molecular weight excluding hydrogens is 440 g/mol. The predicted octanol–water partition coefficient (Wildman–Crippen LogP) is 4.97. The van der Waals surface area contributed by atoms with Gasteiger partial charge in [0.15, 0.2) is 5.65 Å². The minimum Gasteiger partial charge on any atom is -0.480 e. The van der Waals surface area contributed by atoms with Crippen LogP contribution in [-0.2, 0) is 11.3 Å². The first kappa shape index (κ1) is 22.2. The van der Waals surface area contributed by atoms with Crippen molar-refractivity contribution in [2.24, 2.45) is 0 Å². The lowest BCUT2D eigenvalue weighted by Crippen LogP contribution is -2.38. The minimum absolute atomic E-state index is 0.301. The third-order valence-corrected chi connectivity index (χ3v) is 5.94. The van der Waals surface area contributed by atoms with E-state index in [4.69, 9.17) is 4.98 Å². The van der Waals surface area contributed by atoms with Gasteiger partial charge < -0.3 is 15.7 Å². The number of carbonyl (C=O) groups excluding carboxylic acids is 1. The number of hydrogen-bond donors (Lipinski definition) is 3. The maximum atomic E-state index is 12.9. The average molecular weight is 465 g/mol. The highest BCUT2D eigenvalue weighted by Gasteiger charge is 2.22. The lowest BCUT2D eigenvalue weighted by atomic mass is 10.1. The molecule has 3 aromatic carbocycles. The lowest BCUT2D eigenvalue weighted by Gasteiger charge is -2.11. The van der Waals surface area contributed by atoms with Crippen molar-refractivity contribution in [3.63, 3.8) is 0 Å².